The van der Waals surface area contributed by atoms with E-state index in [2.05, 4.69) is 23.8 Å². The van der Waals surface area contributed by atoms with Crippen molar-refractivity contribution in [2.24, 2.45) is 0 Å². The third-order valence-electron chi connectivity index (χ3n) is 0.598. The molecule has 0 aromatic rings. The third-order valence-corrected chi connectivity index (χ3v) is 0.765. The maximum Gasteiger partial charge on any atom is -0.0231 e. The highest BCUT2D eigenvalue weighted by Crippen LogP contribution is 1.86. The molecule has 0 radical (unpaired) electrons. The zero-order chi connectivity index (χ0) is 5.54. The van der Waals surface area contributed by atoms with Crippen molar-refractivity contribution in [3.8, 4) is 0 Å². The average molecular weight is 112 g/mol. The van der Waals surface area contributed by atoms with Gasteiger partial charge in [-0.05, 0) is 31.1 Å². The molecule has 0 aliphatic rings. The minimum absolute atomic E-state index is 0.979. The van der Waals surface area contributed by atoms with E-state index in [0.717, 1.165) is 12.8 Å². The Morgan fingerprint density at radius 2 is 2.29 bits per heavy atom. The first kappa shape index (κ1) is 6.61. The van der Waals surface area contributed by atoms with Crippen LogP contribution in [0.25, 0.3) is 0 Å². The van der Waals surface area contributed by atoms with E-state index < -0.39 is 0 Å². The van der Waals surface area contributed by atoms with Crippen LogP contribution in [-0.2, 0) is 0 Å². The van der Waals surface area contributed by atoms with E-state index in [1.54, 1.807) is 0 Å². The van der Waals surface area contributed by atoms with E-state index in [9.17, 15) is 0 Å². The Kier molecular flexibility index (Phi) is 5.30. The molecule has 0 bridgehead atoms. The van der Waals surface area contributed by atoms with Crippen LogP contribution in [0.5, 0.6) is 0 Å². The molecule has 0 aliphatic carbocycles. The molecule has 0 aromatic carbocycles. The monoisotopic (exact) mass is 112 g/mol. The molecule has 0 N–H and O–H groups in total. The van der Waals surface area contributed by atoms with Gasteiger partial charge in [0, 0.05) is 0 Å². The summed E-state index contributed by atoms with van der Waals surface area (Å²) in [5, 5.41) is 2.51. The molecule has 0 aromatic heterocycles. The lowest BCUT2D eigenvalue weighted by molar-refractivity contribution is 1.07. The maximum absolute atomic E-state index is 4.43. The van der Waals surface area contributed by atoms with Crippen LogP contribution in [0.3, 0.4) is 0 Å². The molecule has 0 spiro atoms. The zero-order valence-corrected chi connectivity index (χ0v) is 5.00. The summed E-state index contributed by atoms with van der Waals surface area (Å²) >= 11 is 4.43. The fraction of sp³-hybridized carbons (Fsp3) is 0.333. The van der Waals surface area contributed by atoms with E-state index in [1.807, 2.05) is 12.2 Å². The summed E-state index contributed by atoms with van der Waals surface area (Å²) in [6.45, 7) is 3.55. The van der Waals surface area contributed by atoms with Crippen LogP contribution in [-0.4, -0.2) is 5.02 Å². The van der Waals surface area contributed by atoms with Gasteiger partial charge in [0.25, 0.3) is 0 Å². The quantitative estimate of drug-likeness (QED) is 0.306. The van der Waals surface area contributed by atoms with E-state index in [0.29, 0.717) is 0 Å². The Morgan fingerprint density at radius 3 is 2.71 bits per heavy atom. The van der Waals surface area contributed by atoms with Crippen molar-refractivity contribution in [2.45, 2.75) is 12.8 Å². The van der Waals surface area contributed by atoms with Crippen molar-refractivity contribution < 1.29 is 0 Å². The molecule has 0 amide bonds. The number of rotatable bonds is 3. The molecule has 0 fully saturated rings. The van der Waals surface area contributed by atoms with Gasteiger partial charge >= 0.3 is 0 Å². The van der Waals surface area contributed by atoms with Gasteiger partial charge in [-0.25, -0.2) is 0 Å². The van der Waals surface area contributed by atoms with Crippen LogP contribution in [0.15, 0.2) is 18.7 Å². The lowest BCUT2D eigenvalue weighted by atomic mass is 10.3. The van der Waals surface area contributed by atoms with Gasteiger partial charge in [0.05, 0.1) is 0 Å². The van der Waals surface area contributed by atoms with Crippen LogP contribution in [0.1, 0.15) is 12.8 Å². The summed E-state index contributed by atoms with van der Waals surface area (Å²) in [6.07, 6.45) is 5.68. The number of thiocarbonyl (C=S) groups is 1. The van der Waals surface area contributed by atoms with Crippen LogP contribution >= 0.6 is 12.2 Å². The molecule has 0 unspecified atom stereocenters. The molecule has 1 heteroatoms. The van der Waals surface area contributed by atoms with Crippen LogP contribution in [0.2, 0.25) is 0 Å². The van der Waals surface area contributed by atoms with Crippen LogP contribution in [0, 0.1) is 0 Å². The lowest BCUT2D eigenvalue weighted by Crippen LogP contribution is -1.59. The van der Waals surface area contributed by atoms with Crippen molar-refractivity contribution in [2.75, 3.05) is 0 Å². The minimum atomic E-state index is 0.979. The maximum atomic E-state index is 4.43. The number of allylic oxidation sites excluding steroid dienone is 2. The first-order chi connectivity index (χ1) is 3.41. The molecular weight excluding hydrogens is 104 g/mol. The van der Waals surface area contributed by atoms with Crippen molar-refractivity contribution in [3.05, 3.63) is 18.7 Å². The fourth-order valence-electron chi connectivity index (χ4n) is 0.260. The number of hydrogen-bond donors (Lipinski definition) is 0. The van der Waals surface area contributed by atoms with Crippen molar-refractivity contribution in [1.82, 2.24) is 0 Å². The van der Waals surface area contributed by atoms with Gasteiger partial charge in [-0.15, -0.1) is 6.58 Å². The molecule has 0 rings (SSSR count). The molecule has 0 nitrogen and oxygen atoms in total. The van der Waals surface area contributed by atoms with Crippen LogP contribution < -0.4 is 0 Å². The SMILES string of the molecule is C=CCCC=C=S. The number of unbranched alkanes of at least 4 members (excludes halogenated alkanes) is 1. The molecule has 7 heavy (non-hydrogen) atoms. The van der Waals surface area contributed by atoms with Crippen LogP contribution in [0.4, 0.5) is 0 Å². The summed E-state index contributed by atoms with van der Waals surface area (Å²) in [5.74, 6) is 0. The van der Waals surface area contributed by atoms with E-state index in [-0.39, 0.29) is 0 Å². The standard InChI is InChI=1S/C6H8S/c1-2-3-4-5-6-7/h2,5H,1,3-4H2. The topological polar surface area (TPSA) is 0 Å². The second kappa shape index (κ2) is 5.61. The van der Waals surface area contributed by atoms with Gasteiger partial charge in [0.15, 0.2) is 0 Å². The van der Waals surface area contributed by atoms with E-state index in [1.165, 1.54) is 0 Å². The molecule has 0 atom stereocenters. The van der Waals surface area contributed by atoms with E-state index >= 15 is 0 Å². The Balaban J connectivity index is 2.97. The predicted octanol–water partition coefficient (Wildman–Crippen LogP) is 2.11. The molecule has 0 saturated heterocycles. The third kappa shape index (κ3) is 5.61. The molecule has 0 heterocycles. The highest BCUT2D eigenvalue weighted by Gasteiger charge is 1.68. The Hall–Kier alpha value is -0.390. The van der Waals surface area contributed by atoms with Crippen molar-refractivity contribution >= 4 is 17.2 Å². The minimum Gasteiger partial charge on any atom is -0.103 e. The Bertz CT molecular complexity index is 88.4. The second-order valence-electron chi connectivity index (χ2n) is 1.19. The van der Waals surface area contributed by atoms with Gasteiger partial charge in [0.1, 0.15) is 0 Å². The normalized spacial score (nSPS) is 6.86. The highest BCUT2D eigenvalue weighted by atomic mass is 32.1. The van der Waals surface area contributed by atoms with Gasteiger partial charge in [-0.3, -0.25) is 0 Å². The molecular formula is C6H8S. The smallest absolute Gasteiger partial charge is 0.0231 e. The molecule has 0 aliphatic heterocycles. The van der Waals surface area contributed by atoms with Crippen molar-refractivity contribution in [1.29, 1.82) is 0 Å². The predicted molar refractivity (Wildman–Crippen MR) is 36.6 cm³/mol. The Labute approximate surface area is 49.5 Å². The lowest BCUT2D eigenvalue weighted by Gasteiger charge is -1.76. The largest absolute Gasteiger partial charge is 0.103 e. The highest BCUT2D eigenvalue weighted by molar-refractivity contribution is 7.78. The zero-order valence-electron chi connectivity index (χ0n) is 4.18. The van der Waals surface area contributed by atoms with Gasteiger partial charge in [0.2, 0.25) is 0 Å². The summed E-state index contributed by atoms with van der Waals surface area (Å²) < 4.78 is 0. The average Bonchev–Trinajstić information content (AvgIpc) is 1.69. The Morgan fingerprint density at radius 1 is 1.57 bits per heavy atom. The molecule has 0 saturated carbocycles. The summed E-state index contributed by atoms with van der Waals surface area (Å²) in [4.78, 5) is 0. The first-order valence-corrected chi connectivity index (χ1v) is 2.63. The second-order valence-corrected chi connectivity index (χ2v) is 1.42. The fourth-order valence-corrected chi connectivity index (χ4v) is 0.378. The first-order valence-electron chi connectivity index (χ1n) is 2.22. The van der Waals surface area contributed by atoms with Crippen molar-refractivity contribution in [3.63, 3.8) is 0 Å². The summed E-state index contributed by atoms with van der Waals surface area (Å²) in [5.41, 5.74) is 0. The summed E-state index contributed by atoms with van der Waals surface area (Å²) in [7, 11) is 0. The van der Waals surface area contributed by atoms with Gasteiger partial charge < -0.3 is 0 Å². The van der Waals surface area contributed by atoms with Gasteiger partial charge in [-0.1, -0.05) is 11.1 Å². The van der Waals surface area contributed by atoms with E-state index in [4.69, 9.17) is 0 Å². The molecule has 38 valence electrons. The van der Waals surface area contributed by atoms with Gasteiger partial charge in [-0.2, -0.15) is 0 Å². The summed E-state index contributed by atoms with van der Waals surface area (Å²) in [6, 6.07) is 0. The number of hydrogen-bond acceptors (Lipinski definition) is 1.